The highest BCUT2D eigenvalue weighted by Crippen LogP contribution is 2.32. The highest BCUT2D eigenvalue weighted by molar-refractivity contribution is 5.94. The van der Waals surface area contributed by atoms with Crippen LogP contribution in [0, 0.1) is 11.6 Å². The van der Waals surface area contributed by atoms with E-state index in [1.807, 2.05) is 5.32 Å². The molecule has 0 aliphatic rings. The fraction of sp³-hybridized carbons (Fsp3) is 0.100. The van der Waals surface area contributed by atoms with Crippen LogP contribution in [0.15, 0.2) is 59.0 Å². The average molecular weight is 425 g/mol. The van der Waals surface area contributed by atoms with E-state index < -0.39 is 47.5 Å². The first kappa shape index (κ1) is 21.0. The summed E-state index contributed by atoms with van der Waals surface area (Å²) < 4.78 is 74.9. The zero-order chi connectivity index (χ0) is 21.9. The van der Waals surface area contributed by atoms with Gasteiger partial charge in [-0.05, 0) is 36.4 Å². The number of alkyl halides is 3. The molecule has 1 N–H and O–H groups in total. The third kappa shape index (κ3) is 5.02. The van der Waals surface area contributed by atoms with Crippen LogP contribution in [-0.4, -0.2) is 18.5 Å². The van der Waals surface area contributed by atoms with Crippen molar-refractivity contribution in [1.82, 2.24) is 0 Å². The molecule has 0 aliphatic carbocycles. The maximum Gasteiger partial charge on any atom is 0.416 e. The molecule has 3 rings (SSSR count). The standard InChI is InChI=1S/C20H12F5NO4/c21-13-4-5-14(22)15(9-13)26-18(27)10-29-19(28)17-7-6-16(30-17)11-2-1-3-12(8-11)20(23,24)25/h1-9H,10H2,(H,26,27). The molecule has 0 spiro atoms. The second-order valence-electron chi connectivity index (χ2n) is 5.99. The molecule has 10 heteroatoms. The lowest BCUT2D eigenvalue weighted by molar-refractivity contribution is -0.137. The smallest absolute Gasteiger partial charge is 0.416 e. The Kier molecular flexibility index (Phi) is 5.86. The number of halogens is 5. The number of carbonyl (C=O) groups excluding carboxylic acids is 2. The molecule has 30 heavy (non-hydrogen) atoms. The summed E-state index contributed by atoms with van der Waals surface area (Å²) in [6.07, 6.45) is -4.54. The van der Waals surface area contributed by atoms with Gasteiger partial charge in [-0.25, -0.2) is 13.6 Å². The van der Waals surface area contributed by atoms with E-state index in [4.69, 9.17) is 9.15 Å². The molecule has 0 bridgehead atoms. The van der Waals surface area contributed by atoms with Crippen LogP contribution in [0.4, 0.5) is 27.6 Å². The lowest BCUT2D eigenvalue weighted by Crippen LogP contribution is -2.21. The summed E-state index contributed by atoms with van der Waals surface area (Å²) >= 11 is 0. The molecule has 2 aromatic carbocycles. The predicted molar refractivity (Wildman–Crippen MR) is 94.4 cm³/mol. The van der Waals surface area contributed by atoms with Crippen molar-refractivity contribution in [3.05, 3.63) is 77.6 Å². The largest absolute Gasteiger partial charge is 0.450 e. The Morgan fingerprint density at radius 1 is 1.00 bits per heavy atom. The van der Waals surface area contributed by atoms with E-state index in [0.29, 0.717) is 0 Å². The van der Waals surface area contributed by atoms with Gasteiger partial charge in [0.15, 0.2) is 6.61 Å². The Morgan fingerprint density at radius 3 is 2.50 bits per heavy atom. The van der Waals surface area contributed by atoms with Gasteiger partial charge in [0.2, 0.25) is 5.76 Å². The molecule has 0 unspecified atom stereocenters. The summed E-state index contributed by atoms with van der Waals surface area (Å²) in [7, 11) is 0. The van der Waals surface area contributed by atoms with Gasteiger partial charge in [-0.1, -0.05) is 12.1 Å². The van der Waals surface area contributed by atoms with Crippen molar-refractivity contribution in [2.24, 2.45) is 0 Å². The minimum atomic E-state index is -4.54. The minimum Gasteiger partial charge on any atom is -0.450 e. The van der Waals surface area contributed by atoms with Gasteiger partial charge in [0.05, 0.1) is 11.3 Å². The van der Waals surface area contributed by atoms with Crippen LogP contribution >= 0.6 is 0 Å². The van der Waals surface area contributed by atoms with Crippen LogP contribution in [-0.2, 0) is 15.7 Å². The monoisotopic (exact) mass is 425 g/mol. The highest BCUT2D eigenvalue weighted by atomic mass is 19.4. The molecular weight excluding hydrogens is 413 g/mol. The van der Waals surface area contributed by atoms with Gasteiger partial charge in [-0.15, -0.1) is 0 Å². The topological polar surface area (TPSA) is 68.5 Å². The van der Waals surface area contributed by atoms with Gasteiger partial charge in [-0.2, -0.15) is 13.2 Å². The average Bonchev–Trinajstić information content (AvgIpc) is 3.19. The second-order valence-corrected chi connectivity index (χ2v) is 5.99. The number of amides is 1. The van der Waals surface area contributed by atoms with E-state index in [-0.39, 0.29) is 17.1 Å². The van der Waals surface area contributed by atoms with Crippen molar-refractivity contribution in [3.8, 4) is 11.3 Å². The number of carbonyl (C=O) groups is 2. The Hall–Kier alpha value is -3.69. The summed E-state index contributed by atoms with van der Waals surface area (Å²) in [5.74, 6) is -4.03. The molecule has 0 saturated carbocycles. The van der Waals surface area contributed by atoms with Crippen molar-refractivity contribution in [1.29, 1.82) is 0 Å². The molecule has 1 amide bonds. The molecule has 0 radical (unpaired) electrons. The van der Waals surface area contributed by atoms with Crippen LogP contribution in [0.25, 0.3) is 11.3 Å². The first-order chi connectivity index (χ1) is 14.1. The molecule has 0 fully saturated rings. The van der Waals surface area contributed by atoms with Crippen LogP contribution in [0.3, 0.4) is 0 Å². The number of hydrogen-bond donors (Lipinski definition) is 1. The van der Waals surface area contributed by atoms with Crippen molar-refractivity contribution in [2.45, 2.75) is 6.18 Å². The van der Waals surface area contributed by atoms with E-state index in [9.17, 15) is 31.5 Å². The molecule has 1 heterocycles. The number of rotatable bonds is 5. The molecule has 0 saturated heterocycles. The van der Waals surface area contributed by atoms with Crippen LogP contribution in [0.2, 0.25) is 0 Å². The minimum absolute atomic E-state index is 0.0145. The zero-order valence-electron chi connectivity index (χ0n) is 14.9. The summed E-state index contributed by atoms with van der Waals surface area (Å²) in [6, 6.07) is 9.17. The Balaban J connectivity index is 1.63. The molecule has 1 aromatic heterocycles. The fourth-order valence-electron chi connectivity index (χ4n) is 2.43. The number of furan rings is 1. The Morgan fingerprint density at radius 2 is 1.77 bits per heavy atom. The van der Waals surface area contributed by atoms with Gasteiger partial charge in [0.1, 0.15) is 17.4 Å². The van der Waals surface area contributed by atoms with Gasteiger partial charge in [0.25, 0.3) is 5.91 Å². The summed E-state index contributed by atoms with van der Waals surface area (Å²) in [6.45, 7) is -0.825. The first-order valence-corrected chi connectivity index (χ1v) is 8.33. The maximum absolute atomic E-state index is 13.5. The summed E-state index contributed by atoms with van der Waals surface area (Å²) in [5.41, 5.74) is -1.23. The number of anilines is 1. The maximum atomic E-state index is 13.5. The van der Waals surface area contributed by atoms with Crippen LogP contribution in [0.5, 0.6) is 0 Å². The third-order valence-electron chi connectivity index (χ3n) is 3.82. The molecule has 156 valence electrons. The van der Waals surface area contributed by atoms with Crippen molar-refractivity contribution in [2.75, 3.05) is 11.9 Å². The van der Waals surface area contributed by atoms with E-state index >= 15 is 0 Å². The number of benzene rings is 2. The first-order valence-electron chi connectivity index (χ1n) is 8.33. The Labute approximate surface area is 166 Å². The van der Waals surface area contributed by atoms with E-state index in [2.05, 4.69) is 0 Å². The van der Waals surface area contributed by atoms with Crippen molar-refractivity contribution < 1.29 is 40.7 Å². The normalized spacial score (nSPS) is 11.2. The van der Waals surface area contributed by atoms with Crippen LogP contribution < -0.4 is 5.32 Å². The Bertz CT molecular complexity index is 1090. The van der Waals surface area contributed by atoms with Gasteiger partial charge in [0, 0.05) is 11.6 Å². The lowest BCUT2D eigenvalue weighted by atomic mass is 10.1. The summed E-state index contributed by atoms with van der Waals surface area (Å²) in [5, 5.41) is 2.04. The molecule has 5 nitrogen and oxygen atoms in total. The van der Waals surface area contributed by atoms with Gasteiger partial charge < -0.3 is 14.5 Å². The zero-order valence-corrected chi connectivity index (χ0v) is 14.9. The molecular formula is C20H12F5NO4. The number of nitrogens with one attached hydrogen (secondary N) is 1. The highest BCUT2D eigenvalue weighted by Gasteiger charge is 2.30. The van der Waals surface area contributed by atoms with E-state index in [0.717, 1.165) is 30.3 Å². The quantitative estimate of drug-likeness (QED) is 0.460. The number of esters is 1. The summed E-state index contributed by atoms with van der Waals surface area (Å²) in [4.78, 5) is 23.7. The molecule has 0 atom stereocenters. The van der Waals surface area contributed by atoms with Crippen molar-refractivity contribution in [3.63, 3.8) is 0 Å². The number of hydrogen-bond acceptors (Lipinski definition) is 4. The van der Waals surface area contributed by atoms with Crippen molar-refractivity contribution >= 4 is 17.6 Å². The van der Waals surface area contributed by atoms with E-state index in [1.54, 1.807) is 0 Å². The van der Waals surface area contributed by atoms with Crippen LogP contribution in [0.1, 0.15) is 16.1 Å². The third-order valence-corrected chi connectivity index (χ3v) is 3.82. The van der Waals surface area contributed by atoms with E-state index in [1.165, 1.54) is 24.3 Å². The second kappa shape index (κ2) is 8.36. The molecule has 3 aromatic rings. The number of ether oxygens (including phenoxy) is 1. The molecule has 0 aliphatic heterocycles. The fourth-order valence-corrected chi connectivity index (χ4v) is 2.43. The van der Waals surface area contributed by atoms with Gasteiger partial charge >= 0.3 is 12.1 Å². The van der Waals surface area contributed by atoms with Gasteiger partial charge in [-0.3, -0.25) is 4.79 Å². The lowest BCUT2D eigenvalue weighted by Gasteiger charge is -2.07. The SMILES string of the molecule is O=C(COC(=O)c1ccc(-c2cccc(C(F)(F)F)c2)o1)Nc1cc(F)ccc1F. The predicted octanol–water partition coefficient (Wildman–Crippen LogP) is 5.04.